The maximum Gasteiger partial charge on any atom is 0.180 e. The molecule has 3 rings (SSSR count). The van der Waals surface area contributed by atoms with E-state index < -0.39 is 0 Å². The van der Waals surface area contributed by atoms with Gasteiger partial charge in [-0.15, -0.1) is 0 Å². The SMILES string of the molecule is CCC1OC(C2=CC(OCCOc3cccc(C=N)c3)CCC2)OC1CC. The smallest absolute Gasteiger partial charge is 0.180 e. The Labute approximate surface area is 162 Å². The summed E-state index contributed by atoms with van der Waals surface area (Å²) in [6.45, 7) is 5.33. The molecule has 3 unspecified atom stereocenters. The molecule has 1 aliphatic carbocycles. The van der Waals surface area contributed by atoms with Gasteiger partial charge >= 0.3 is 0 Å². The van der Waals surface area contributed by atoms with Crippen molar-refractivity contribution in [1.29, 1.82) is 5.41 Å². The van der Waals surface area contributed by atoms with Gasteiger partial charge < -0.3 is 24.4 Å². The van der Waals surface area contributed by atoms with Crippen molar-refractivity contribution in [2.45, 2.75) is 70.6 Å². The number of nitrogens with one attached hydrogen (secondary N) is 1. The Kier molecular flexibility index (Phi) is 7.44. The van der Waals surface area contributed by atoms with Crippen LogP contribution in [0.5, 0.6) is 5.75 Å². The highest BCUT2D eigenvalue weighted by atomic mass is 16.7. The second kappa shape index (κ2) is 10.0. The standard InChI is InChI=1S/C22H31NO4/c1-3-20-21(4-2)27-22(26-20)17-8-6-10-19(14-17)25-12-11-24-18-9-5-7-16(13-18)15-23/h5,7,9,13-15,19-23H,3-4,6,8,10-12H2,1-2H3. The second-order valence-electron chi connectivity index (χ2n) is 7.11. The summed E-state index contributed by atoms with van der Waals surface area (Å²) >= 11 is 0. The Bertz CT molecular complexity index is 633. The normalized spacial score (nSPS) is 28.0. The number of hydrogen-bond donors (Lipinski definition) is 1. The molecule has 148 valence electrons. The molecule has 0 saturated carbocycles. The molecule has 0 aromatic heterocycles. The zero-order valence-electron chi connectivity index (χ0n) is 16.4. The topological polar surface area (TPSA) is 60.8 Å². The van der Waals surface area contributed by atoms with Crippen LogP contribution in [0.4, 0.5) is 0 Å². The van der Waals surface area contributed by atoms with Crippen LogP contribution in [-0.2, 0) is 14.2 Å². The van der Waals surface area contributed by atoms with Crippen LogP contribution in [0, 0.1) is 5.41 Å². The highest BCUT2D eigenvalue weighted by molar-refractivity contribution is 5.77. The van der Waals surface area contributed by atoms with Crippen LogP contribution in [0.25, 0.3) is 0 Å². The lowest BCUT2D eigenvalue weighted by Crippen LogP contribution is -2.23. The van der Waals surface area contributed by atoms with Crippen LogP contribution in [-0.4, -0.2) is 44.0 Å². The first-order valence-corrected chi connectivity index (χ1v) is 10.1. The van der Waals surface area contributed by atoms with Crippen LogP contribution >= 0.6 is 0 Å². The molecule has 1 aromatic rings. The Hall–Kier alpha value is -1.69. The van der Waals surface area contributed by atoms with Gasteiger partial charge in [-0.25, -0.2) is 0 Å². The van der Waals surface area contributed by atoms with Gasteiger partial charge in [0, 0.05) is 6.21 Å². The summed E-state index contributed by atoms with van der Waals surface area (Å²) in [6.07, 6.45) is 8.90. The fourth-order valence-corrected chi connectivity index (χ4v) is 3.71. The lowest BCUT2D eigenvalue weighted by atomic mass is 9.97. The summed E-state index contributed by atoms with van der Waals surface area (Å²) in [5, 5.41) is 7.29. The molecule has 2 aliphatic rings. The highest BCUT2D eigenvalue weighted by Gasteiger charge is 2.36. The van der Waals surface area contributed by atoms with Crippen LogP contribution in [0.15, 0.2) is 35.9 Å². The molecule has 1 fully saturated rings. The van der Waals surface area contributed by atoms with Crippen molar-refractivity contribution in [3.63, 3.8) is 0 Å². The quantitative estimate of drug-likeness (QED) is 0.394. The van der Waals surface area contributed by atoms with E-state index in [2.05, 4.69) is 19.9 Å². The van der Waals surface area contributed by atoms with Crippen LogP contribution in [0.1, 0.15) is 51.5 Å². The molecule has 1 aliphatic heterocycles. The van der Waals surface area contributed by atoms with Gasteiger partial charge in [0.1, 0.15) is 12.4 Å². The molecule has 1 saturated heterocycles. The molecule has 3 atom stereocenters. The van der Waals surface area contributed by atoms with Crippen molar-refractivity contribution in [1.82, 2.24) is 0 Å². The maximum absolute atomic E-state index is 7.29. The van der Waals surface area contributed by atoms with Gasteiger partial charge in [0.25, 0.3) is 0 Å². The second-order valence-corrected chi connectivity index (χ2v) is 7.11. The van der Waals surface area contributed by atoms with E-state index in [1.165, 1.54) is 11.8 Å². The fourth-order valence-electron chi connectivity index (χ4n) is 3.71. The van der Waals surface area contributed by atoms with E-state index in [0.717, 1.165) is 43.4 Å². The third-order valence-corrected chi connectivity index (χ3v) is 5.18. The molecule has 1 N–H and O–H groups in total. The molecular formula is C22H31NO4. The van der Waals surface area contributed by atoms with Gasteiger partial charge in [-0.2, -0.15) is 0 Å². The third kappa shape index (κ3) is 5.41. The minimum atomic E-state index is -0.202. The monoisotopic (exact) mass is 373 g/mol. The van der Waals surface area contributed by atoms with E-state index >= 15 is 0 Å². The van der Waals surface area contributed by atoms with Crippen LogP contribution < -0.4 is 4.74 Å². The van der Waals surface area contributed by atoms with Gasteiger partial charge in [0.2, 0.25) is 0 Å². The Morgan fingerprint density at radius 2 is 1.93 bits per heavy atom. The van der Waals surface area contributed by atoms with E-state index in [-0.39, 0.29) is 24.6 Å². The molecule has 1 heterocycles. The first-order valence-electron chi connectivity index (χ1n) is 10.1. The number of benzene rings is 1. The molecule has 0 radical (unpaired) electrons. The predicted molar refractivity (Wildman–Crippen MR) is 106 cm³/mol. The average Bonchev–Trinajstić information content (AvgIpc) is 3.15. The average molecular weight is 373 g/mol. The summed E-state index contributed by atoms with van der Waals surface area (Å²) in [5.41, 5.74) is 2.06. The van der Waals surface area contributed by atoms with Crippen LogP contribution in [0.2, 0.25) is 0 Å². The van der Waals surface area contributed by atoms with Gasteiger partial charge in [-0.1, -0.05) is 32.1 Å². The van der Waals surface area contributed by atoms with Crippen molar-refractivity contribution in [3.05, 3.63) is 41.5 Å². The summed E-state index contributed by atoms with van der Waals surface area (Å²) < 4.78 is 24.0. The molecule has 1 aromatic carbocycles. The third-order valence-electron chi connectivity index (χ3n) is 5.18. The Balaban J connectivity index is 1.46. The van der Waals surface area contributed by atoms with Gasteiger partial charge in [-0.3, -0.25) is 0 Å². The summed E-state index contributed by atoms with van der Waals surface area (Å²) in [5.74, 6) is 0.767. The number of hydrogen-bond acceptors (Lipinski definition) is 5. The van der Waals surface area contributed by atoms with Crippen molar-refractivity contribution in [2.24, 2.45) is 0 Å². The lowest BCUT2D eigenvalue weighted by molar-refractivity contribution is -0.0436. The Morgan fingerprint density at radius 1 is 1.15 bits per heavy atom. The highest BCUT2D eigenvalue weighted by Crippen LogP contribution is 2.32. The lowest BCUT2D eigenvalue weighted by Gasteiger charge is -2.24. The van der Waals surface area contributed by atoms with E-state index in [9.17, 15) is 0 Å². The minimum absolute atomic E-state index is 0.0956. The fraction of sp³-hybridized carbons (Fsp3) is 0.591. The van der Waals surface area contributed by atoms with E-state index in [0.29, 0.717) is 13.2 Å². The first-order chi connectivity index (χ1) is 13.2. The van der Waals surface area contributed by atoms with Gasteiger partial charge in [-0.05, 0) is 55.4 Å². The van der Waals surface area contributed by atoms with E-state index in [1.54, 1.807) is 0 Å². The molecule has 5 heteroatoms. The first kappa shape index (κ1) is 20.1. The molecule has 0 spiro atoms. The van der Waals surface area contributed by atoms with Crippen LogP contribution in [0.3, 0.4) is 0 Å². The molecular weight excluding hydrogens is 342 g/mol. The van der Waals surface area contributed by atoms with Crippen molar-refractivity contribution in [2.75, 3.05) is 13.2 Å². The van der Waals surface area contributed by atoms with Crippen molar-refractivity contribution in [3.8, 4) is 5.75 Å². The predicted octanol–water partition coefficient (Wildman–Crippen LogP) is 4.49. The molecule has 0 bridgehead atoms. The van der Waals surface area contributed by atoms with E-state index in [1.807, 2.05) is 24.3 Å². The minimum Gasteiger partial charge on any atom is -0.491 e. The maximum atomic E-state index is 7.29. The molecule has 0 amide bonds. The Morgan fingerprint density at radius 3 is 2.63 bits per heavy atom. The largest absolute Gasteiger partial charge is 0.491 e. The number of rotatable bonds is 9. The zero-order chi connectivity index (χ0) is 19.1. The van der Waals surface area contributed by atoms with Crippen molar-refractivity contribution >= 4 is 6.21 Å². The van der Waals surface area contributed by atoms with Gasteiger partial charge in [0.15, 0.2) is 6.29 Å². The zero-order valence-corrected chi connectivity index (χ0v) is 16.4. The van der Waals surface area contributed by atoms with Gasteiger partial charge in [0.05, 0.1) is 24.9 Å². The summed E-state index contributed by atoms with van der Waals surface area (Å²) in [7, 11) is 0. The molecule has 5 nitrogen and oxygen atoms in total. The van der Waals surface area contributed by atoms with Crippen molar-refractivity contribution < 1.29 is 18.9 Å². The van der Waals surface area contributed by atoms with E-state index in [4.69, 9.17) is 24.4 Å². The summed E-state index contributed by atoms with van der Waals surface area (Å²) in [4.78, 5) is 0. The number of ether oxygens (including phenoxy) is 4. The summed E-state index contributed by atoms with van der Waals surface area (Å²) in [6, 6.07) is 7.52. The molecule has 27 heavy (non-hydrogen) atoms.